The third-order valence-electron chi connectivity index (χ3n) is 5.00. The maximum Gasteiger partial charge on any atom is 0.275 e. The van der Waals surface area contributed by atoms with Crippen molar-refractivity contribution < 1.29 is 33.8 Å². The van der Waals surface area contributed by atoms with Gasteiger partial charge in [-0.1, -0.05) is 36.4 Å². The molecule has 1 fully saturated rings. The van der Waals surface area contributed by atoms with Crippen LogP contribution < -0.4 is 9.78 Å². The zero-order valence-electron chi connectivity index (χ0n) is 17.0. The van der Waals surface area contributed by atoms with E-state index in [2.05, 4.69) is 0 Å². The maximum absolute atomic E-state index is 12.5. The summed E-state index contributed by atoms with van der Waals surface area (Å²) in [6, 6.07) is 18.0. The fraction of sp³-hybridized carbons (Fsp3) is 0.409. The lowest BCUT2D eigenvalue weighted by atomic mass is 9.83. The van der Waals surface area contributed by atoms with Crippen molar-refractivity contribution in [3.63, 3.8) is 0 Å². The van der Waals surface area contributed by atoms with E-state index in [1.807, 2.05) is 31.2 Å². The average molecular weight is 402 g/mol. The monoisotopic (exact) mass is 402 g/mol. The number of carbonyl (C=O) groups is 1. The van der Waals surface area contributed by atoms with E-state index in [9.17, 15) is 4.79 Å². The SMILES string of the molecule is CO[C@]1(C)C[C@](OOc2ccccc2)(C(C)=O)O[C@@H](C)[C@@H]1OOc1ccccc1. The topological polar surface area (TPSA) is 72.5 Å². The standard InChI is InChI=1S/C22H26O7/c1-16-20(28-26-18-11-7-5-8-12-18)21(3,24-4)15-22(25-16,17(2)23)29-27-19-13-9-6-10-14-19/h5-14,16,20H,15H2,1-4H3/t16-,20-,21+,22-/m0/s1. The fourth-order valence-corrected chi connectivity index (χ4v) is 3.32. The Morgan fingerprint density at radius 1 is 1.00 bits per heavy atom. The van der Waals surface area contributed by atoms with Gasteiger partial charge in [0.1, 0.15) is 5.60 Å². The summed E-state index contributed by atoms with van der Waals surface area (Å²) >= 11 is 0. The van der Waals surface area contributed by atoms with Crippen LogP contribution in [-0.4, -0.2) is 36.5 Å². The molecule has 1 saturated heterocycles. The maximum atomic E-state index is 12.5. The Morgan fingerprint density at radius 2 is 1.55 bits per heavy atom. The van der Waals surface area contributed by atoms with Gasteiger partial charge in [-0.05, 0) is 38.1 Å². The molecule has 7 heteroatoms. The van der Waals surface area contributed by atoms with Crippen molar-refractivity contribution in [2.24, 2.45) is 0 Å². The summed E-state index contributed by atoms with van der Waals surface area (Å²) in [7, 11) is 1.54. The highest BCUT2D eigenvalue weighted by Crippen LogP contribution is 2.41. The first kappa shape index (κ1) is 21.3. The molecule has 29 heavy (non-hydrogen) atoms. The zero-order valence-corrected chi connectivity index (χ0v) is 17.0. The van der Waals surface area contributed by atoms with Gasteiger partial charge in [0.2, 0.25) is 0 Å². The Kier molecular flexibility index (Phi) is 6.54. The molecule has 0 N–H and O–H groups in total. The third kappa shape index (κ3) is 4.76. The number of rotatable bonds is 8. The molecule has 3 rings (SSSR count). The number of benzene rings is 2. The first-order chi connectivity index (χ1) is 13.9. The van der Waals surface area contributed by atoms with Crippen LogP contribution in [0.1, 0.15) is 27.2 Å². The van der Waals surface area contributed by atoms with Gasteiger partial charge < -0.3 is 19.2 Å². The molecule has 0 spiro atoms. The molecule has 0 aromatic heterocycles. The summed E-state index contributed by atoms with van der Waals surface area (Å²) in [5.74, 6) is -0.988. The third-order valence-corrected chi connectivity index (χ3v) is 5.00. The molecule has 0 unspecified atom stereocenters. The Morgan fingerprint density at radius 3 is 2.07 bits per heavy atom. The Labute approximate surface area is 170 Å². The van der Waals surface area contributed by atoms with Crippen LogP contribution in [0.25, 0.3) is 0 Å². The minimum absolute atomic E-state index is 0.0474. The van der Waals surface area contributed by atoms with Gasteiger partial charge in [0.05, 0.1) is 6.10 Å². The lowest BCUT2D eigenvalue weighted by Crippen LogP contribution is -2.64. The van der Waals surface area contributed by atoms with E-state index in [4.69, 9.17) is 29.0 Å². The summed E-state index contributed by atoms with van der Waals surface area (Å²) in [5, 5.41) is 0. The Bertz CT molecular complexity index is 797. The molecule has 0 saturated carbocycles. The van der Waals surface area contributed by atoms with Gasteiger partial charge in [-0.2, -0.15) is 4.89 Å². The fourth-order valence-electron chi connectivity index (χ4n) is 3.32. The number of ketones is 1. The van der Waals surface area contributed by atoms with Gasteiger partial charge in [-0.15, -0.1) is 4.89 Å². The normalized spacial score (nSPS) is 29.2. The van der Waals surface area contributed by atoms with E-state index in [-0.39, 0.29) is 12.2 Å². The van der Waals surface area contributed by atoms with Crippen molar-refractivity contribution in [1.82, 2.24) is 0 Å². The Balaban J connectivity index is 1.77. The van der Waals surface area contributed by atoms with Crippen molar-refractivity contribution in [3.8, 4) is 11.5 Å². The van der Waals surface area contributed by atoms with Crippen molar-refractivity contribution in [2.75, 3.05) is 7.11 Å². The second-order valence-electron chi connectivity index (χ2n) is 7.22. The van der Waals surface area contributed by atoms with Crippen molar-refractivity contribution in [1.29, 1.82) is 0 Å². The molecule has 0 amide bonds. The van der Waals surface area contributed by atoms with E-state index >= 15 is 0 Å². The zero-order chi connectivity index (χ0) is 20.9. The summed E-state index contributed by atoms with van der Waals surface area (Å²) in [4.78, 5) is 34.6. The van der Waals surface area contributed by atoms with Crippen molar-refractivity contribution in [2.45, 2.75) is 50.8 Å². The van der Waals surface area contributed by atoms with Gasteiger partial charge >= 0.3 is 0 Å². The predicted octanol–water partition coefficient (Wildman–Crippen LogP) is 3.88. The first-order valence-electron chi connectivity index (χ1n) is 9.42. The van der Waals surface area contributed by atoms with Crippen LogP contribution in [0.5, 0.6) is 11.5 Å². The van der Waals surface area contributed by atoms with E-state index in [0.717, 1.165) is 0 Å². The average Bonchev–Trinajstić information content (AvgIpc) is 2.73. The van der Waals surface area contributed by atoms with Gasteiger partial charge in [-0.25, -0.2) is 0 Å². The number of para-hydroxylation sites is 2. The molecule has 7 nitrogen and oxygen atoms in total. The highest BCUT2D eigenvalue weighted by atomic mass is 17.2. The van der Waals surface area contributed by atoms with Crippen LogP contribution in [-0.2, 0) is 24.0 Å². The van der Waals surface area contributed by atoms with Crippen LogP contribution in [0.3, 0.4) is 0 Å². The summed E-state index contributed by atoms with van der Waals surface area (Å²) < 4.78 is 11.7. The molecule has 156 valence electrons. The van der Waals surface area contributed by atoms with E-state index in [1.165, 1.54) is 6.92 Å². The first-order valence-corrected chi connectivity index (χ1v) is 9.42. The van der Waals surface area contributed by atoms with Crippen molar-refractivity contribution in [3.05, 3.63) is 60.7 Å². The number of hydrogen-bond acceptors (Lipinski definition) is 7. The van der Waals surface area contributed by atoms with Crippen molar-refractivity contribution >= 4 is 5.78 Å². The minimum atomic E-state index is -1.65. The van der Waals surface area contributed by atoms with Gasteiger partial charge in [0, 0.05) is 20.5 Å². The highest BCUT2D eigenvalue weighted by Gasteiger charge is 2.58. The van der Waals surface area contributed by atoms with Crippen LogP contribution in [0.2, 0.25) is 0 Å². The van der Waals surface area contributed by atoms with E-state index in [1.54, 1.807) is 50.4 Å². The smallest absolute Gasteiger partial charge is 0.275 e. The van der Waals surface area contributed by atoms with Crippen LogP contribution in [0.4, 0.5) is 0 Å². The highest BCUT2D eigenvalue weighted by molar-refractivity contribution is 5.83. The molecule has 0 bridgehead atoms. The lowest BCUT2D eigenvalue weighted by Gasteiger charge is -2.48. The molecular formula is C22H26O7. The molecule has 0 radical (unpaired) electrons. The molecule has 1 aliphatic heterocycles. The molecule has 1 aliphatic rings. The van der Waals surface area contributed by atoms with Gasteiger partial charge in [0.15, 0.2) is 23.4 Å². The molecule has 2 aromatic carbocycles. The molecule has 0 aliphatic carbocycles. The van der Waals surface area contributed by atoms with Gasteiger partial charge in [0.25, 0.3) is 5.79 Å². The lowest BCUT2D eigenvalue weighted by molar-refractivity contribution is -0.426. The number of ether oxygens (including phenoxy) is 2. The summed E-state index contributed by atoms with van der Waals surface area (Å²) in [6.45, 7) is 4.96. The van der Waals surface area contributed by atoms with Crippen LogP contribution in [0, 0.1) is 0 Å². The largest absolute Gasteiger partial charge is 0.375 e. The number of methoxy groups -OCH3 is 1. The molecule has 1 heterocycles. The quantitative estimate of drug-likeness (QED) is 0.490. The van der Waals surface area contributed by atoms with Crippen LogP contribution in [0.15, 0.2) is 60.7 Å². The second-order valence-corrected chi connectivity index (χ2v) is 7.22. The second kappa shape index (κ2) is 8.92. The minimum Gasteiger partial charge on any atom is -0.375 e. The predicted molar refractivity (Wildman–Crippen MR) is 104 cm³/mol. The van der Waals surface area contributed by atoms with Crippen LogP contribution >= 0.6 is 0 Å². The van der Waals surface area contributed by atoms with Gasteiger partial charge in [-0.3, -0.25) is 4.79 Å². The Hall–Kier alpha value is -2.45. The molecular weight excluding hydrogens is 376 g/mol. The van der Waals surface area contributed by atoms with E-state index in [0.29, 0.717) is 11.5 Å². The summed E-state index contributed by atoms with van der Waals surface area (Å²) in [6.07, 6.45) is -1.17. The number of carbonyl (C=O) groups excluding carboxylic acids is 1. The summed E-state index contributed by atoms with van der Waals surface area (Å²) in [5.41, 5.74) is -0.946. The van der Waals surface area contributed by atoms with E-state index < -0.39 is 23.6 Å². The number of hydrogen-bond donors (Lipinski definition) is 0. The molecule has 4 atom stereocenters. The number of Topliss-reactive ketones (excluding diaryl/α,β-unsaturated/α-hetero) is 1. The molecule has 2 aromatic rings.